The van der Waals surface area contributed by atoms with Crippen molar-refractivity contribution >= 4 is 29.5 Å². The molecule has 0 aromatic heterocycles. The van der Waals surface area contributed by atoms with Gasteiger partial charge in [-0.2, -0.15) is 11.8 Å². The minimum Gasteiger partial charge on any atom is -0.346 e. The standard InChI is InChI=1S/C19H24FN3O3S/c1-2-27-19(7-8-19)13-21-16(24)18(26)23-11-9-22(10-12-23)17(25)14-3-5-15(20)6-4-14/h3-6H,2,7-13H2,1H3,(H,21,24). The molecule has 27 heavy (non-hydrogen) atoms. The predicted octanol–water partition coefficient (Wildman–Crippen LogP) is 1.51. The Balaban J connectivity index is 1.46. The van der Waals surface area contributed by atoms with Gasteiger partial charge in [-0.1, -0.05) is 6.92 Å². The number of thioether (sulfide) groups is 1. The fourth-order valence-corrected chi connectivity index (χ4v) is 4.34. The van der Waals surface area contributed by atoms with Crippen LogP contribution in [0.25, 0.3) is 0 Å². The van der Waals surface area contributed by atoms with Crippen molar-refractivity contribution in [1.29, 1.82) is 0 Å². The Kier molecular flexibility index (Phi) is 6.04. The second-order valence-electron chi connectivity index (χ2n) is 6.89. The van der Waals surface area contributed by atoms with Gasteiger partial charge in [-0.15, -0.1) is 0 Å². The number of amides is 3. The largest absolute Gasteiger partial charge is 0.346 e. The van der Waals surface area contributed by atoms with E-state index in [1.165, 1.54) is 29.2 Å². The summed E-state index contributed by atoms with van der Waals surface area (Å²) in [6, 6.07) is 5.40. The summed E-state index contributed by atoms with van der Waals surface area (Å²) >= 11 is 1.83. The number of hydrogen-bond donors (Lipinski definition) is 1. The summed E-state index contributed by atoms with van der Waals surface area (Å²) in [6.07, 6.45) is 2.15. The van der Waals surface area contributed by atoms with Gasteiger partial charge in [0.05, 0.1) is 0 Å². The summed E-state index contributed by atoms with van der Waals surface area (Å²) in [5.74, 6) is -0.706. The summed E-state index contributed by atoms with van der Waals surface area (Å²) in [7, 11) is 0. The third-order valence-electron chi connectivity index (χ3n) is 4.97. The van der Waals surface area contributed by atoms with Crippen LogP contribution in [-0.2, 0) is 9.59 Å². The average molecular weight is 393 g/mol. The first-order valence-electron chi connectivity index (χ1n) is 9.20. The lowest BCUT2D eigenvalue weighted by atomic mass is 10.1. The van der Waals surface area contributed by atoms with Gasteiger partial charge in [-0.05, 0) is 42.9 Å². The van der Waals surface area contributed by atoms with Crippen LogP contribution in [0, 0.1) is 5.82 Å². The third kappa shape index (κ3) is 4.80. The molecule has 146 valence electrons. The zero-order valence-corrected chi connectivity index (χ0v) is 16.2. The molecule has 6 nitrogen and oxygen atoms in total. The maximum Gasteiger partial charge on any atom is 0.312 e. The molecule has 1 aliphatic heterocycles. The van der Waals surface area contributed by atoms with Crippen LogP contribution in [0.2, 0.25) is 0 Å². The first-order valence-corrected chi connectivity index (χ1v) is 10.2. The molecule has 1 heterocycles. The van der Waals surface area contributed by atoms with Crippen LogP contribution in [0.1, 0.15) is 30.1 Å². The zero-order chi connectivity index (χ0) is 19.4. The van der Waals surface area contributed by atoms with E-state index in [-0.39, 0.29) is 10.7 Å². The fraction of sp³-hybridized carbons (Fsp3) is 0.526. The molecule has 1 saturated heterocycles. The molecule has 0 unspecified atom stereocenters. The number of carbonyl (C=O) groups excluding carboxylic acids is 3. The van der Waals surface area contributed by atoms with Crippen LogP contribution in [0.15, 0.2) is 24.3 Å². The summed E-state index contributed by atoms with van der Waals surface area (Å²) in [4.78, 5) is 40.0. The van der Waals surface area contributed by atoms with Gasteiger partial charge in [-0.25, -0.2) is 4.39 Å². The Labute approximate surface area is 162 Å². The van der Waals surface area contributed by atoms with Crippen molar-refractivity contribution in [1.82, 2.24) is 15.1 Å². The highest BCUT2D eigenvalue weighted by molar-refractivity contribution is 8.00. The smallest absolute Gasteiger partial charge is 0.312 e. The van der Waals surface area contributed by atoms with Gasteiger partial charge >= 0.3 is 11.8 Å². The highest BCUT2D eigenvalue weighted by Gasteiger charge is 2.43. The molecule has 2 aliphatic rings. The number of halogens is 1. The number of hydrogen-bond acceptors (Lipinski definition) is 4. The Morgan fingerprint density at radius 3 is 2.22 bits per heavy atom. The lowest BCUT2D eigenvalue weighted by molar-refractivity contribution is -0.146. The molecule has 0 bridgehead atoms. The van der Waals surface area contributed by atoms with E-state index < -0.39 is 17.6 Å². The Morgan fingerprint density at radius 2 is 1.67 bits per heavy atom. The summed E-state index contributed by atoms with van der Waals surface area (Å²) in [5, 5.41) is 2.77. The molecule has 1 aliphatic carbocycles. The number of nitrogens with one attached hydrogen (secondary N) is 1. The van der Waals surface area contributed by atoms with E-state index in [1.807, 2.05) is 11.8 Å². The van der Waals surface area contributed by atoms with Crippen molar-refractivity contribution < 1.29 is 18.8 Å². The van der Waals surface area contributed by atoms with E-state index in [2.05, 4.69) is 12.2 Å². The molecule has 0 radical (unpaired) electrons. The summed E-state index contributed by atoms with van der Waals surface area (Å²) < 4.78 is 13.1. The fourth-order valence-electron chi connectivity index (χ4n) is 3.17. The number of piperazine rings is 1. The second-order valence-corrected chi connectivity index (χ2v) is 8.62. The molecule has 1 aromatic carbocycles. The van der Waals surface area contributed by atoms with Gasteiger partial charge in [-0.3, -0.25) is 14.4 Å². The van der Waals surface area contributed by atoms with Crippen molar-refractivity contribution in [2.24, 2.45) is 0 Å². The Morgan fingerprint density at radius 1 is 1.07 bits per heavy atom. The Bertz CT molecular complexity index is 713. The zero-order valence-electron chi connectivity index (χ0n) is 15.4. The number of benzene rings is 1. The topological polar surface area (TPSA) is 69.7 Å². The van der Waals surface area contributed by atoms with E-state index >= 15 is 0 Å². The van der Waals surface area contributed by atoms with Crippen LogP contribution < -0.4 is 5.32 Å². The van der Waals surface area contributed by atoms with Crippen LogP contribution in [0.3, 0.4) is 0 Å². The van der Waals surface area contributed by atoms with Gasteiger partial charge in [0.2, 0.25) is 0 Å². The van der Waals surface area contributed by atoms with Crippen molar-refractivity contribution in [2.45, 2.75) is 24.5 Å². The molecule has 0 spiro atoms. The molecule has 1 aromatic rings. The lowest BCUT2D eigenvalue weighted by Crippen LogP contribution is -2.54. The minimum absolute atomic E-state index is 0.116. The van der Waals surface area contributed by atoms with E-state index in [0.29, 0.717) is 38.3 Å². The van der Waals surface area contributed by atoms with Crippen LogP contribution in [0.5, 0.6) is 0 Å². The van der Waals surface area contributed by atoms with Gasteiger partial charge in [0.15, 0.2) is 0 Å². The van der Waals surface area contributed by atoms with Gasteiger partial charge < -0.3 is 15.1 Å². The SMILES string of the molecule is CCSC1(CNC(=O)C(=O)N2CCN(C(=O)c3ccc(F)cc3)CC2)CC1. The number of nitrogens with zero attached hydrogens (tertiary/aromatic N) is 2. The predicted molar refractivity (Wildman–Crippen MR) is 102 cm³/mol. The lowest BCUT2D eigenvalue weighted by Gasteiger charge is -2.34. The summed E-state index contributed by atoms with van der Waals surface area (Å²) in [6.45, 7) is 3.95. The first-order chi connectivity index (χ1) is 12.9. The van der Waals surface area contributed by atoms with Crippen molar-refractivity contribution in [3.8, 4) is 0 Å². The van der Waals surface area contributed by atoms with Gasteiger partial charge in [0, 0.05) is 43.0 Å². The van der Waals surface area contributed by atoms with E-state index in [1.54, 1.807) is 4.90 Å². The Hall–Kier alpha value is -2.09. The average Bonchev–Trinajstić information content (AvgIpc) is 3.46. The van der Waals surface area contributed by atoms with Crippen LogP contribution >= 0.6 is 11.8 Å². The maximum atomic E-state index is 13.0. The van der Waals surface area contributed by atoms with Gasteiger partial charge in [0.1, 0.15) is 5.82 Å². The first kappa shape index (κ1) is 19.7. The van der Waals surface area contributed by atoms with Crippen LogP contribution in [0.4, 0.5) is 4.39 Å². The van der Waals surface area contributed by atoms with Crippen molar-refractivity contribution in [3.63, 3.8) is 0 Å². The number of rotatable bonds is 5. The van der Waals surface area contributed by atoms with E-state index in [9.17, 15) is 18.8 Å². The van der Waals surface area contributed by atoms with Crippen molar-refractivity contribution in [3.05, 3.63) is 35.6 Å². The molecular weight excluding hydrogens is 369 g/mol. The highest BCUT2D eigenvalue weighted by Crippen LogP contribution is 2.47. The molecule has 3 rings (SSSR count). The molecule has 1 N–H and O–H groups in total. The van der Waals surface area contributed by atoms with Crippen molar-refractivity contribution in [2.75, 3.05) is 38.5 Å². The molecule has 1 saturated carbocycles. The highest BCUT2D eigenvalue weighted by atomic mass is 32.2. The van der Waals surface area contributed by atoms with E-state index in [0.717, 1.165) is 18.6 Å². The molecule has 8 heteroatoms. The maximum absolute atomic E-state index is 13.0. The quantitative estimate of drug-likeness (QED) is 0.770. The molecule has 0 atom stereocenters. The normalized spacial score (nSPS) is 18.1. The minimum atomic E-state index is -0.573. The third-order valence-corrected chi connectivity index (χ3v) is 6.42. The number of carbonyl (C=O) groups is 3. The molecular formula is C19H24FN3O3S. The summed E-state index contributed by atoms with van der Waals surface area (Å²) in [5.41, 5.74) is 0.414. The van der Waals surface area contributed by atoms with Gasteiger partial charge in [0.25, 0.3) is 5.91 Å². The monoisotopic (exact) mass is 393 g/mol. The van der Waals surface area contributed by atoms with Crippen LogP contribution in [-0.4, -0.2) is 70.7 Å². The second kappa shape index (κ2) is 8.29. The molecule has 2 fully saturated rings. The van der Waals surface area contributed by atoms with E-state index in [4.69, 9.17) is 0 Å². The molecule has 3 amide bonds.